The average Bonchev–Trinajstić information content (AvgIpc) is 3.01. The predicted molar refractivity (Wildman–Crippen MR) is 87.5 cm³/mol. The number of benzene rings is 1. The van der Waals surface area contributed by atoms with Crippen molar-refractivity contribution in [3.8, 4) is 0 Å². The van der Waals surface area contributed by atoms with Crippen molar-refractivity contribution < 1.29 is 9.18 Å². The largest absolute Gasteiger partial charge is 0.318 e. The summed E-state index contributed by atoms with van der Waals surface area (Å²) >= 11 is 0. The van der Waals surface area contributed by atoms with Gasteiger partial charge in [-0.05, 0) is 50.6 Å². The lowest BCUT2D eigenvalue weighted by atomic mass is 10.1. The maximum absolute atomic E-state index is 13.8. The highest BCUT2D eigenvalue weighted by Gasteiger charge is 2.19. The molecule has 1 amide bonds. The molecule has 0 unspecified atom stereocenters. The first-order valence-corrected chi connectivity index (χ1v) is 7.33. The summed E-state index contributed by atoms with van der Waals surface area (Å²) in [4.78, 5) is 12.1. The molecule has 1 aliphatic rings. The van der Waals surface area contributed by atoms with Crippen LogP contribution >= 0.6 is 12.4 Å². The molecule has 8 heteroatoms. The first-order valence-electron chi connectivity index (χ1n) is 7.33. The molecule has 23 heavy (non-hydrogen) atoms. The normalized spacial score (nSPS) is 15.0. The van der Waals surface area contributed by atoms with Gasteiger partial charge in [0.2, 0.25) is 0 Å². The number of hydrogen-bond acceptors (Lipinski definition) is 4. The fraction of sp³-hybridized carbons (Fsp3) is 0.400. The second-order valence-corrected chi connectivity index (χ2v) is 5.50. The van der Waals surface area contributed by atoms with E-state index in [0.29, 0.717) is 0 Å². The molecular weight excluding hydrogens is 321 g/mol. The Labute approximate surface area is 139 Å². The number of aryl methyl sites for hydroxylation is 1. The monoisotopic (exact) mass is 339 g/mol. The van der Waals surface area contributed by atoms with Gasteiger partial charge in [-0.3, -0.25) is 4.79 Å². The lowest BCUT2D eigenvalue weighted by Crippen LogP contribution is -2.29. The van der Waals surface area contributed by atoms with Crippen LogP contribution in [0.5, 0.6) is 0 Å². The number of aromatic nitrogens is 3. The van der Waals surface area contributed by atoms with Crippen molar-refractivity contribution in [2.75, 3.05) is 18.4 Å². The number of carbonyl (C=O) groups excluding carboxylic acids is 1. The Morgan fingerprint density at radius 3 is 2.83 bits per heavy atom. The van der Waals surface area contributed by atoms with E-state index < -0.39 is 11.7 Å². The van der Waals surface area contributed by atoms with E-state index in [1.165, 1.54) is 6.07 Å². The topological polar surface area (TPSA) is 71.8 Å². The Balaban J connectivity index is 0.00000192. The molecule has 0 aliphatic carbocycles. The molecule has 1 aromatic heterocycles. The van der Waals surface area contributed by atoms with Crippen molar-refractivity contribution in [3.05, 3.63) is 41.5 Å². The molecule has 2 N–H and O–H groups in total. The van der Waals surface area contributed by atoms with Crippen LogP contribution in [-0.4, -0.2) is 34.0 Å². The summed E-state index contributed by atoms with van der Waals surface area (Å²) in [5.41, 5.74) is 1.14. The van der Waals surface area contributed by atoms with Crippen molar-refractivity contribution in [2.45, 2.75) is 25.8 Å². The van der Waals surface area contributed by atoms with Gasteiger partial charge >= 0.3 is 0 Å². The highest BCUT2D eigenvalue weighted by molar-refractivity contribution is 6.02. The molecule has 1 fully saturated rings. The number of nitrogens with zero attached hydrogens (tertiary/aromatic N) is 3. The molecule has 1 aliphatic heterocycles. The molecule has 0 spiro atoms. The molecule has 0 saturated carbocycles. The maximum atomic E-state index is 13.8. The van der Waals surface area contributed by atoms with Crippen molar-refractivity contribution in [2.24, 2.45) is 0 Å². The van der Waals surface area contributed by atoms with Gasteiger partial charge in [0, 0.05) is 0 Å². The van der Waals surface area contributed by atoms with Gasteiger partial charge < -0.3 is 10.6 Å². The Hall–Kier alpha value is -1.99. The summed E-state index contributed by atoms with van der Waals surface area (Å²) in [6, 6.07) is 4.91. The van der Waals surface area contributed by atoms with Gasteiger partial charge in [-0.2, -0.15) is 0 Å². The summed E-state index contributed by atoms with van der Waals surface area (Å²) < 4.78 is 15.5. The fourth-order valence-electron chi connectivity index (χ4n) is 2.54. The molecule has 6 nitrogen and oxygen atoms in total. The zero-order valence-corrected chi connectivity index (χ0v) is 13.6. The van der Waals surface area contributed by atoms with Crippen LogP contribution in [0.15, 0.2) is 24.4 Å². The molecule has 1 aromatic carbocycles. The lowest BCUT2D eigenvalue weighted by Gasteiger charge is -2.22. The Morgan fingerprint density at radius 2 is 2.13 bits per heavy atom. The standard InChI is InChI=1S/C15H18FN5O.ClH/c1-10-2-3-13(12(16)8-10)18-15(22)14-9-21(20-19-14)11-4-6-17-7-5-11;/h2-3,8-9,11,17H,4-7H2,1H3,(H,18,22);1H. The molecule has 0 bridgehead atoms. The molecule has 0 atom stereocenters. The van der Waals surface area contributed by atoms with Gasteiger partial charge in [0.1, 0.15) is 5.82 Å². The number of rotatable bonds is 3. The van der Waals surface area contributed by atoms with Crippen molar-refractivity contribution >= 4 is 24.0 Å². The van der Waals surface area contributed by atoms with E-state index in [2.05, 4.69) is 20.9 Å². The quantitative estimate of drug-likeness (QED) is 0.900. The second kappa shape index (κ2) is 7.52. The average molecular weight is 340 g/mol. The molecule has 1 saturated heterocycles. The molecule has 2 heterocycles. The number of carbonyl (C=O) groups is 1. The van der Waals surface area contributed by atoms with Crippen molar-refractivity contribution in [1.82, 2.24) is 20.3 Å². The van der Waals surface area contributed by atoms with Gasteiger partial charge in [0.15, 0.2) is 5.69 Å². The number of piperidine rings is 1. The van der Waals surface area contributed by atoms with E-state index in [1.54, 1.807) is 29.9 Å². The molecule has 124 valence electrons. The molecule has 0 radical (unpaired) electrons. The minimum Gasteiger partial charge on any atom is -0.318 e. The van der Waals surface area contributed by atoms with E-state index in [-0.39, 0.29) is 29.8 Å². The summed E-state index contributed by atoms with van der Waals surface area (Å²) in [6.07, 6.45) is 3.53. The van der Waals surface area contributed by atoms with Gasteiger partial charge in [0.05, 0.1) is 17.9 Å². The van der Waals surface area contributed by atoms with Crippen LogP contribution in [0.1, 0.15) is 34.9 Å². The van der Waals surface area contributed by atoms with E-state index >= 15 is 0 Å². The van der Waals surface area contributed by atoms with E-state index in [4.69, 9.17) is 0 Å². The number of halogens is 2. The van der Waals surface area contributed by atoms with Crippen LogP contribution in [0.2, 0.25) is 0 Å². The van der Waals surface area contributed by atoms with Crippen LogP contribution in [-0.2, 0) is 0 Å². The van der Waals surface area contributed by atoms with Crippen LogP contribution in [0.4, 0.5) is 10.1 Å². The Bertz CT molecular complexity index is 684. The number of anilines is 1. The third-order valence-corrected chi connectivity index (χ3v) is 3.80. The SMILES string of the molecule is Cc1ccc(NC(=O)c2cn(C3CCNCC3)nn2)c(F)c1.Cl. The first kappa shape index (κ1) is 17.4. The minimum atomic E-state index is -0.459. The van der Waals surface area contributed by atoms with Crippen molar-refractivity contribution in [3.63, 3.8) is 0 Å². The highest BCUT2D eigenvalue weighted by atomic mass is 35.5. The van der Waals surface area contributed by atoms with Gasteiger partial charge in [0.25, 0.3) is 5.91 Å². The smallest absolute Gasteiger partial charge is 0.277 e. The van der Waals surface area contributed by atoms with E-state index in [1.807, 2.05) is 0 Å². The third kappa shape index (κ3) is 4.05. The Kier molecular flexibility index (Phi) is 5.68. The molecule has 3 rings (SSSR count). The van der Waals surface area contributed by atoms with Crippen LogP contribution in [0.25, 0.3) is 0 Å². The van der Waals surface area contributed by atoms with Gasteiger partial charge in [-0.1, -0.05) is 11.3 Å². The van der Waals surface area contributed by atoms with Crippen LogP contribution in [0.3, 0.4) is 0 Å². The highest BCUT2D eigenvalue weighted by Crippen LogP contribution is 2.18. The summed E-state index contributed by atoms with van der Waals surface area (Å²) in [6.45, 7) is 3.65. The van der Waals surface area contributed by atoms with Crippen LogP contribution in [0, 0.1) is 12.7 Å². The van der Waals surface area contributed by atoms with Crippen LogP contribution < -0.4 is 10.6 Å². The first-order chi connectivity index (χ1) is 10.6. The Morgan fingerprint density at radius 1 is 1.39 bits per heavy atom. The zero-order chi connectivity index (χ0) is 15.5. The predicted octanol–water partition coefficient (Wildman–Crippen LogP) is 2.32. The number of hydrogen-bond donors (Lipinski definition) is 2. The molecular formula is C15H19ClFN5O. The van der Waals surface area contributed by atoms with E-state index in [9.17, 15) is 9.18 Å². The van der Waals surface area contributed by atoms with Gasteiger partial charge in [-0.25, -0.2) is 9.07 Å². The summed E-state index contributed by atoms with van der Waals surface area (Å²) in [5.74, 6) is -0.915. The summed E-state index contributed by atoms with van der Waals surface area (Å²) in [7, 11) is 0. The third-order valence-electron chi connectivity index (χ3n) is 3.80. The minimum absolute atomic E-state index is 0. The number of amides is 1. The lowest BCUT2D eigenvalue weighted by molar-refractivity contribution is 0.102. The fourth-order valence-corrected chi connectivity index (χ4v) is 2.54. The maximum Gasteiger partial charge on any atom is 0.277 e. The molecule has 2 aromatic rings. The number of nitrogens with one attached hydrogen (secondary N) is 2. The van der Waals surface area contributed by atoms with E-state index in [0.717, 1.165) is 31.5 Å². The van der Waals surface area contributed by atoms with Gasteiger partial charge in [-0.15, -0.1) is 17.5 Å². The zero-order valence-electron chi connectivity index (χ0n) is 12.8. The van der Waals surface area contributed by atoms with Crippen molar-refractivity contribution in [1.29, 1.82) is 0 Å². The summed E-state index contributed by atoms with van der Waals surface area (Å²) in [5, 5.41) is 13.7. The second-order valence-electron chi connectivity index (χ2n) is 5.50.